The standard InChI is InChI=1S/C9H16N2O2/c1-3-7(10-2)8(12)9(13)11-6-4-5-6/h6-7,10H,3-5H2,1-2H3,(H,11,13). The van der Waals surface area contributed by atoms with Crippen molar-refractivity contribution in [2.45, 2.75) is 38.3 Å². The fourth-order valence-electron chi connectivity index (χ4n) is 1.16. The minimum atomic E-state index is -0.441. The normalized spacial score (nSPS) is 18.0. The summed E-state index contributed by atoms with van der Waals surface area (Å²) in [5.41, 5.74) is 0. The largest absolute Gasteiger partial charge is 0.347 e. The number of likely N-dealkylation sites (N-methyl/N-ethyl adjacent to an activating group) is 1. The molecule has 0 aromatic carbocycles. The molecule has 0 heterocycles. The number of carbonyl (C=O) groups is 2. The second-order valence-corrected chi connectivity index (χ2v) is 3.36. The number of nitrogens with one attached hydrogen (secondary N) is 2. The van der Waals surface area contributed by atoms with Crippen molar-refractivity contribution in [1.82, 2.24) is 10.6 Å². The van der Waals surface area contributed by atoms with Gasteiger partial charge in [0.05, 0.1) is 6.04 Å². The van der Waals surface area contributed by atoms with Crippen molar-refractivity contribution in [2.75, 3.05) is 7.05 Å². The van der Waals surface area contributed by atoms with E-state index in [4.69, 9.17) is 0 Å². The Labute approximate surface area is 78.1 Å². The van der Waals surface area contributed by atoms with E-state index in [9.17, 15) is 9.59 Å². The maximum Gasteiger partial charge on any atom is 0.289 e. The van der Waals surface area contributed by atoms with Crippen LogP contribution in [-0.4, -0.2) is 30.8 Å². The number of ketones is 1. The van der Waals surface area contributed by atoms with E-state index in [0.29, 0.717) is 6.42 Å². The van der Waals surface area contributed by atoms with E-state index in [1.54, 1.807) is 7.05 Å². The van der Waals surface area contributed by atoms with Gasteiger partial charge in [-0.25, -0.2) is 0 Å². The smallest absolute Gasteiger partial charge is 0.289 e. The summed E-state index contributed by atoms with van der Waals surface area (Å²) in [7, 11) is 1.69. The van der Waals surface area contributed by atoms with Crippen molar-refractivity contribution >= 4 is 11.7 Å². The summed E-state index contributed by atoms with van der Waals surface area (Å²) in [6.07, 6.45) is 2.66. The van der Waals surface area contributed by atoms with Crippen molar-refractivity contribution in [1.29, 1.82) is 0 Å². The van der Waals surface area contributed by atoms with Crippen LogP contribution in [0.3, 0.4) is 0 Å². The van der Waals surface area contributed by atoms with E-state index in [1.807, 2.05) is 6.92 Å². The van der Waals surface area contributed by atoms with Gasteiger partial charge >= 0.3 is 0 Å². The molecule has 0 spiro atoms. The van der Waals surface area contributed by atoms with Crippen molar-refractivity contribution in [3.63, 3.8) is 0 Å². The minimum Gasteiger partial charge on any atom is -0.347 e. The molecule has 0 aromatic rings. The van der Waals surface area contributed by atoms with Gasteiger partial charge in [-0.1, -0.05) is 6.92 Å². The molecule has 0 aromatic heterocycles. The first-order chi connectivity index (χ1) is 6.19. The van der Waals surface area contributed by atoms with Gasteiger partial charge in [-0.05, 0) is 26.3 Å². The van der Waals surface area contributed by atoms with E-state index >= 15 is 0 Å². The van der Waals surface area contributed by atoms with Gasteiger partial charge < -0.3 is 10.6 Å². The van der Waals surface area contributed by atoms with Crippen molar-refractivity contribution in [3.8, 4) is 0 Å². The lowest BCUT2D eigenvalue weighted by Gasteiger charge is -2.11. The van der Waals surface area contributed by atoms with Gasteiger partial charge in [0.15, 0.2) is 0 Å². The molecule has 4 heteroatoms. The van der Waals surface area contributed by atoms with Gasteiger partial charge in [0, 0.05) is 6.04 Å². The summed E-state index contributed by atoms with van der Waals surface area (Å²) in [6, 6.07) is -0.0791. The van der Waals surface area contributed by atoms with Crippen LogP contribution in [0, 0.1) is 0 Å². The molecule has 1 rings (SSSR count). The van der Waals surface area contributed by atoms with Gasteiger partial charge in [0.2, 0.25) is 5.78 Å². The third-order valence-corrected chi connectivity index (χ3v) is 2.21. The molecule has 1 atom stereocenters. The lowest BCUT2D eigenvalue weighted by Crippen LogP contribution is -2.44. The fraction of sp³-hybridized carbons (Fsp3) is 0.778. The first kappa shape index (κ1) is 10.2. The van der Waals surface area contributed by atoms with E-state index in [1.165, 1.54) is 0 Å². The molecular formula is C9H16N2O2. The Morgan fingerprint density at radius 2 is 2.08 bits per heavy atom. The molecule has 1 saturated carbocycles. The van der Waals surface area contributed by atoms with Crippen LogP contribution in [0.1, 0.15) is 26.2 Å². The molecule has 1 unspecified atom stereocenters. The topological polar surface area (TPSA) is 58.2 Å². The molecule has 0 radical (unpaired) electrons. The van der Waals surface area contributed by atoms with Crippen molar-refractivity contribution in [2.24, 2.45) is 0 Å². The maximum atomic E-state index is 11.4. The molecule has 13 heavy (non-hydrogen) atoms. The van der Waals surface area contributed by atoms with E-state index in [-0.39, 0.29) is 17.9 Å². The maximum absolute atomic E-state index is 11.4. The highest BCUT2D eigenvalue weighted by atomic mass is 16.2. The third-order valence-electron chi connectivity index (χ3n) is 2.21. The van der Waals surface area contributed by atoms with Crippen LogP contribution < -0.4 is 10.6 Å². The average molecular weight is 184 g/mol. The minimum absolute atomic E-state index is 0.255. The number of hydrogen-bond acceptors (Lipinski definition) is 3. The highest BCUT2D eigenvalue weighted by molar-refractivity contribution is 6.38. The lowest BCUT2D eigenvalue weighted by molar-refractivity contribution is -0.139. The predicted molar refractivity (Wildman–Crippen MR) is 49.3 cm³/mol. The summed E-state index contributed by atoms with van der Waals surface area (Å²) in [6.45, 7) is 1.88. The summed E-state index contributed by atoms with van der Waals surface area (Å²) in [4.78, 5) is 22.6. The Morgan fingerprint density at radius 1 is 1.46 bits per heavy atom. The monoisotopic (exact) mass is 184 g/mol. The first-order valence-electron chi connectivity index (χ1n) is 4.71. The second kappa shape index (κ2) is 4.37. The van der Waals surface area contributed by atoms with Crippen LogP contribution in [0.2, 0.25) is 0 Å². The summed E-state index contributed by atoms with van der Waals surface area (Å²) in [5.74, 6) is -0.791. The average Bonchev–Trinajstić information content (AvgIpc) is 2.90. The molecule has 1 aliphatic rings. The summed E-state index contributed by atoms with van der Waals surface area (Å²) >= 11 is 0. The number of rotatable bonds is 5. The van der Waals surface area contributed by atoms with Gasteiger partial charge in [0.1, 0.15) is 0 Å². The summed E-state index contributed by atoms with van der Waals surface area (Å²) < 4.78 is 0. The van der Waals surface area contributed by atoms with Crippen molar-refractivity contribution in [3.05, 3.63) is 0 Å². The lowest BCUT2D eigenvalue weighted by atomic mass is 10.1. The Hall–Kier alpha value is -0.900. The van der Waals surface area contributed by atoms with Gasteiger partial charge in [-0.3, -0.25) is 9.59 Å². The molecular weight excluding hydrogens is 168 g/mol. The number of hydrogen-bond donors (Lipinski definition) is 2. The van der Waals surface area contributed by atoms with Crippen LogP contribution in [0.5, 0.6) is 0 Å². The zero-order valence-electron chi connectivity index (χ0n) is 8.09. The van der Waals surface area contributed by atoms with Gasteiger partial charge in [-0.2, -0.15) is 0 Å². The fourth-order valence-corrected chi connectivity index (χ4v) is 1.16. The molecule has 1 aliphatic carbocycles. The molecule has 2 N–H and O–H groups in total. The van der Waals surface area contributed by atoms with E-state index < -0.39 is 5.91 Å². The zero-order chi connectivity index (χ0) is 9.84. The zero-order valence-corrected chi connectivity index (χ0v) is 8.09. The SMILES string of the molecule is CCC(NC)C(=O)C(=O)NC1CC1. The summed E-state index contributed by atoms with van der Waals surface area (Å²) in [5, 5.41) is 5.49. The van der Waals surface area contributed by atoms with Gasteiger partial charge in [-0.15, -0.1) is 0 Å². The predicted octanol–water partition coefficient (Wildman–Crippen LogP) is -0.168. The van der Waals surface area contributed by atoms with Crippen LogP contribution in [-0.2, 0) is 9.59 Å². The Morgan fingerprint density at radius 3 is 2.46 bits per heavy atom. The molecule has 0 bridgehead atoms. The molecule has 1 amide bonds. The van der Waals surface area contributed by atoms with Crippen LogP contribution in [0.25, 0.3) is 0 Å². The number of amides is 1. The second-order valence-electron chi connectivity index (χ2n) is 3.36. The van der Waals surface area contributed by atoms with E-state index in [2.05, 4.69) is 10.6 Å². The third kappa shape index (κ3) is 2.81. The molecule has 0 saturated heterocycles. The van der Waals surface area contributed by atoms with Gasteiger partial charge in [0.25, 0.3) is 5.91 Å². The Kier molecular flexibility index (Phi) is 3.42. The Bertz CT molecular complexity index is 208. The number of Topliss-reactive ketones (excluding diaryl/α,β-unsaturated/α-hetero) is 1. The quantitative estimate of drug-likeness (QED) is 0.583. The first-order valence-corrected chi connectivity index (χ1v) is 4.71. The number of carbonyl (C=O) groups excluding carboxylic acids is 2. The van der Waals surface area contributed by atoms with Crippen LogP contribution in [0.4, 0.5) is 0 Å². The molecule has 74 valence electrons. The van der Waals surface area contributed by atoms with E-state index in [0.717, 1.165) is 12.8 Å². The van der Waals surface area contributed by atoms with Crippen LogP contribution >= 0.6 is 0 Å². The highest BCUT2D eigenvalue weighted by Gasteiger charge is 2.28. The van der Waals surface area contributed by atoms with Crippen molar-refractivity contribution < 1.29 is 9.59 Å². The van der Waals surface area contributed by atoms with Crippen LogP contribution in [0.15, 0.2) is 0 Å². The Balaban J connectivity index is 2.38. The molecule has 4 nitrogen and oxygen atoms in total. The highest BCUT2D eigenvalue weighted by Crippen LogP contribution is 2.18. The molecule has 0 aliphatic heterocycles. The molecule has 1 fully saturated rings.